The molecule has 0 fully saturated rings. The third-order valence-electron chi connectivity index (χ3n) is 3.84. The monoisotopic (exact) mass is 454 g/mol. The number of para-hydroxylation sites is 1. The number of thioether (sulfide) groups is 1. The first-order valence-electron chi connectivity index (χ1n) is 8.65. The van der Waals surface area contributed by atoms with Crippen LogP contribution in [0.3, 0.4) is 0 Å². The summed E-state index contributed by atoms with van der Waals surface area (Å²) in [7, 11) is 0. The van der Waals surface area contributed by atoms with Crippen LogP contribution in [0.5, 0.6) is 5.75 Å². The third-order valence-corrected chi connectivity index (χ3v) is 5.54. The summed E-state index contributed by atoms with van der Waals surface area (Å²) in [5.74, 6) is 0.162. The van der Waals surface area contributed by atoms with Crippen molar-refractivity contribution < 1.29 is 13.9 Å². The molecule has 29 heavy (non-hydrogen) atoms. The lowest BCUT2D eigenvalue weighted by molar-refractivity contribution is -0.113. The van der Waals surface area contributed by atoms with E-state index in [4.69, 9.17) is 27.9 Å². The van der Waals surface area contributed by atoms with Crippen LogP contribution >= 0.6 is 35.0 Å². The van der Waals surface area contributed by atoms with Crippen LogP contribution in [0.2, 0.25) is 10.0 Å². The zero-order valence-corrected chi connectivity index (χ0v) is 17.7. The highest BCUT2D eigenvalue weighted by Gasteiger charge is 2.15. The number of nitrogens with one attached hydrogen (secondary N) is 1. The molecule has 3 rings (SSSR count). The molecule has 1 heterocycles. The number of carbonyl (C=O) groups is 1. The van der Waals surface area contributed by atoms with Gasteiger partial charge in [-0.05, 0) is 37.3 Å². The number of benzene rings is 2. The van der Waals surface area contributed by atoms with Crippen LogP contribution in [-0.4, -0.2) is 26.4 Å². The average Bonchev–Trinajstić information content (AvgIpc) is 3.10. The minimum atomic E-state index is -0.441. The van der Waals surface area contributed by atoms with Crippen molar-refractivity contribution in [2.24, 2.45) is 0 Å². The second-order valence-corrected chi connectivity index (χ2v) is 7.58. The number of hydrogen-bond acceptors (Lipinski definition) is 5. The van der Waals surface area contributed by atoms with Crippen LogP contribution in [0.25, 0.3) is 0 Å². The van der Waals surface area contributed by atoms with E-state index in [-0.39, 0.29) is 24.0 Å². The summed E-state index contributed by atoms with van der Waals surface area (Å²) in [5, 5.41) is 12.3. The smallest absolute Gasteiger partial charge is 0.234 e. The Labute approximate surface area is 181 Å². The van der Waals surface area contributed by atoms with Crippen LogP contribution in [0.4, 0.5) is 10.1 Å². The number of hydrogen-bond donors (Lipinski definition) is 1. The molecule has 0 atom stereocenters. The number of amides is 1. The van der Waals surface area contributed by atoms with Crippen molar-refractivity contribution in [3.8, 4) is 5.75 Å². The molecule has 0 bridgehead atoms. The maximum absolute atomic E-state index is 13.7. The molecule has 152 valence electrons. The fourth-order valence-corrected chi connectivity index (χ4v) is 3.57. The Bertz CT molecular complexity index is 1020. The van der Waals surface area contributed by atoms with Crippen molar-refractivity contribution in [3.63, 3.8) is 0 Å². The fraction of sp³-hybridized carbons (Fsp3) is 0.211. The lowest BCUT2D eigenvalue weighted by atomic mass is 10.3. The molecule has 0 saturated heterocycles. The highest BCUT2D eigenvalue weighted by Crippen LogP contribution is 2.25. The van der Waals surface area contributed by atoms with E-state index in [2.05, 4.69) is 15.5 Å². The number of carbonyl (C=O) groups excluding carboxylic acids is 1. The van der Waals surface area contributed by atoms with E-state index in [1.807, 2.05) is 11.5 Å². The predicted octanol–water partition coefficient (Wildman–Crippen LogP) is 5.05. The predicted molar refractivity (Wildman–Crippen MR) is 112 cm³/mol. The molecule has 1 N–H and O–H groups in total. The van der Waals surface area contributed by atoms with Gasteiger partial charge >= 0.3 is 0 Å². The van der Waals surface area contributed by atoms with Crippen LogP contribution < -0.4 is 10.1 Å². The Morgan fingerprint density at radius 2 is 2.00 bits per heavy atom. The summed E-state index contributed by atoms with van der Waals surface area (Å²) in [6.45, 7) is 2.58. The average molecular weight is 455 g/mol. The van der Waals surface area contributed by atoms with Gasteiger partial charge in [-0.2, -0.15) is 0 Å². The first-order valence-corrected chi connectivity index (χ1v) is 10.4. The van der Waals surface area contributed by atoms with Crippen LogP contribution in [-0.2, 0) is 17.9 Å². The van der Waals surface area contributed by atoms with Gasteiger partial charge in [0.1, 0.15) is 6.61 Å². The minimum Gasteiger partial charge on any atom is -0.483 e. The van der Waals surface area contributed by atoms with Crippen molar-refractivity contribution in [2.45, 2.75) is 25.2 Å². The summed E-state index contributed by atoms with van der Waals surface area (Å²) < 4.78 is 21.0. The molecule has 0 aliphatic heterocycles. The van der Waals surface area contributed by atoms with Gasteiger partial charge in [-0.15, -0.1) is 10.2 Å². The summed E-state index contributed by atoms with van der Waals surface area (Å²) in [6.07, 6.45) is 0. The molecule has 10 heteroatoms. The SMILES string of the molecule is CCn1c(COc2ccccc2F)nnc1SCC(=O)Nc1ccc(Cl)c(Cl)c1. The van der Waals surface area contributed by atoms with Gasteiger partial charge < -0.3 is 14.6 Å². The second kappa shape index (κ2) is 9.96. The summed E-state index contributed by atoms with van der Waals surface area (Å²) in [5.41, 5.74) is 0.556. The van der Waals surface area contributed by atoms with Gasteiger partial charge in [-0.1, -0.05) is 47.1 Å². The minimum absolute atomic E-state index is 0.0673. The third kappa shape index (κ3) is 5.62. The van der Waals surface area contributed by atoms with Gasteiger partial charge in [-0.3, -0.25) is 4.79 Å². The molecule has 0 aliphatic carbocycles. The van der Waals surface area contributed by atoms with Gasteiger partial charge in [0.25, 0.3) is 0 Å². The number of aromatic nitrogens is 3. The van der Waals surface area contributed by atoms with E-state index >= 15 is 0 Å². The highest BCUT2D eigenvalue weighted by molar-refractivity contribution is 7.99. The molecule has 6 nitrogen and oxygen atoms in total. The number of halogens is 3. The van der Waals surface area contributed by atoms with Gasteiger partial charge in [0.15, 0.2) is 22.5 Å². The summed E-state index contributed by atoms with van der Waals surface area (Å²) in [6, 6.07) is 11.0. The molecule has 0 aliphatic rings. The van der Waals surface area contributed by atoms with Gasteiger partial charge in [0, 0.05) is 12.2 Å². The Morgan fingerprint density at radius 1 is 1.21 bits per heavy atom. The Kier molecular flexibility index (Phi) is 7.35. The molecule has 2 aromatic carbocycles. The van der Waals surface area contributed by atoms with Crippen LogP contribution in [0.1, 0.15) is 12.7 Å². The Hall–Kier alpha value is -2.29. The van der Waals surface area contributed by atoms with Crippen molar-refractivity contribution in [3.05, 3.63) is 64.2 Å². The quantitative estimate of drug-likeness (QED) is 0.482. The van der Waals surface area contributed by atoms with Crippen molar-refractivity contribution in [2.75, 3.05) is 11.1 Å². The van der Waals surface area contributed by atoms with Crippen LogP contribution in [0, 0.1) is 5.82 Å². The number of anilines is 1. The van der Waals surface area contributed by atoms with E-state index in [1.165, 1.54) is 17.8 Å². The zero-order chi connectivity index (χ0) is 20.8. The molecular weight excluding hydrogens is 438 g/mol. The lowest BCUT2D eigenvalue weighted by Gasteiger charge is -2.09. The normalized spacial score (nSPS) is 10.8. The van der Waals surface area contributed by atoms with Crippen molar-refractivity contribution >= 4 is 46.6 Å². The lowest BCUT2D eigenvalue weighted by Crippen LogP contribution is -2.15. The largest absolute Gasteiger partial charge is 0.483 e. The van der Waals surface area contributed by atoms with Gasteiger partial charge in [0.2, 0.25) is 5.91 Å². The van der Waals surface area contributed by atoms with Gasteiger partial charge in [0.05, 0.1) is 15.8 Å². The first-order chi connectivity index (χ1) is 14.0. The standard InChI is InChI=1S/C19H17Cl2FN4O2S/c1-2-26-17(10-28-16-6-4-3-5-15(16)22)24-25-19(26)29-11-18(27)23-12-7-8-13(20)14(21)9-12/h3-9H,2,10-11H2,1H3,(H,23,27). The van der Waals surface area contributed by atoms with Crippen molar-refractivity contribution in [1.29, 1.82) is 0 Å². The summed E-state index contributed by atoms with van der Waals surface area (Å²) >= 11 is 13.1. The molecule has 3 aromatic rings. The Morgan fingerprint density at radius 3 is 2.72 bits per heavy atom. The second-order valence-electron chi connectivity index (χ2n) is 5.83. The maximum atomic E-state index is 13.7. The fourth-order valence-electron chi connectivity index (χ4n) is 2.46. The van der Waals surface area contributed by atoms with E-state index in [9.17, 15) is 9.18 Å². The van der Waals surface area contributed by atoms with Crippen LogP contribution in [0.15, 0.2) is 47.6 Å². The van der Waals surface area contributed by atoms with E-state index in [0.29, 0.717) is 33.3 Å². The van der Waals surface area contributed by atoms with Gasteiger partial charge in [-0.25, -0.2) is 4.39 Å². The maximum Gasteiger partial charge on any atom is 0.234 e. The Balaban J connectivity index is 1.59. The number of ether oxygens (including phenoxy) is 1. The molecule has 0 unspecified atom stereocenters. The molecule has 0 radical (unpaired) electrons. The van der Waals surface area contributed by atoms with E-state index in [1.54, 1.807) is 36.4 Å². The molecule has 1 aromatic heterocycles. The molecule has 0 spiro atoms. The topological polar surface area (TPSA) is 69.0 Å². The van der Waals surface area contributed by atoms with Crippen molar-refractivity contribution in [1.82, 2.24) is 14.8 Å². The molecular formula is C19H17Cl2FN4O2S. The molecule has 1 amide bonds. The number of nitrogens with zero attached hydrogens (tertiary/aromatic N) is 3. The first kappa shape index (κ1) is 21.4. The summed E-state index contributed by atoms with van der Waals surface area (Å²) in [4.78, 5) is 12.2. The van der Waals surface area contributed by atoms with E-state index in [0.717, 1.165) is 0 Å². The van der Waals surface area contributed by atoms with E-state index < -0.39 is 5.82 Å². The number of rotatable bonds is 8. The molecule has 0 saturated carbocycles. The highest BCUT2D eigenvalue weighted by atomic mass is 35.5. The zero-order valence-electron chi connectivity index (χ0n) is 15.4.